The second-order valence-corrected chi connectivity index (χ2v) is 6.95. The first-order valence-corrected chi connectivity index (χ1v) is 8.55. The number of ether oxygens (including phenoxy) is 2. The Labute approximate surface area is 144 Å². The Morgan fingerprint density at radius 1 is 1.33 bits per heavy atom. The lowest BCUT2D eigenvalue weighted by Crippen LogP contribution is -2.56. The minimum absolute atomic E-state index is 0.105. The SMILES string of the molecule is NC1CCC2(CC1NC(=O)c1cc3cc(Cl)ccc3[nH]1)OCCO2. The van der Waals surface area contributed by atoms with Gasteiger partial charge in [-0.2, -0.15) is 0 Å². The average Bonchev–Trinajstić information content (AvgIpc) is 3.18. The second kappa shape index (κ2) is 6.04. The maximum atomic E-state index is 12.6. The molecule has 0 radical (unpaired) electrons. The number of rotatable bonds is 2. The van der Waals surface area contributed by atoms with Gasteiger partial charge in [0.1, 0.15) is 5.69 Å². The van der Waals surface area contributed by atoms with Crippen molar-refractivity contribution < 1.29 is 14.3 Å². The highest BCUT2D eigenvalue weighted by Gasteiger charge is 2.44. The number of halogens is 1. The molecule has 2 aliphatic rings. The van der Waals surface area contributed by atoms with Crippen molar-refractivity contribution in [2.45, 2.75) is 37.1 Å². The van der Waals surface area contributed by atoms with E-state index in [4.69, 9.17) is 26.8 Å². The fourth-order valence-corrected chi connectivity index (χ4v) is 3.75. The summed E-state index contributed by atoms with van der Waals surface area (Å²) in [6.07, 6.45) is 2.10. The molecule has 2 unspecified atom stereocenters. The van der Waals surface area contributed by atoms with E-state index in [1.54, 1.807) is 12.1 Å². The van der Waals surface area contributed by atoms with Crippen LogP contribution in [-0.2, 0) is 9.47 Å². The third kappa shape index (κ3) is 2.91. The Bertz CT molecular complexity index is 770. The van der Waals surface area contributed by atoms with E-state index >= 15 is 0 Å². The van der Waals surface area contributed by atoms with Gasteiger partial charge in [-0.15, -0.1) is 0 Å². The molecule has 2 heterocycles. The number of carbonyl (C=O) groups is 1. The molecule has 24 heavy (non-hydrogen) atoms. The number of benzene rings is 1. The Kier molecular flexibility index (Phi) is 4.00. The van der Waals surface area contributed by atoms with Crippen molar-refractivity contribution >= 4 is 28.4 Å². The number of carbonyl (C=O) groups excluding carboxylic acids is 1. The predicted octanol–water partition coefficient (Wildman–Crippen LogP) is 2.17. The number of hydrogen-bond donors (Lipinski definition) is 3. The molecule has 128 valence electrons. The summed E-state index contributed by atoms with van der Waals surface area (Å²) in [5.74, 6) is -0.764. The molecule has 7 heteroatoms. The molecule has 4 N–H and O–H groups in total. The molecule has 1 amide bonds. The van der Waals surface area contributed by atoms with E-state index in [0.29, 0.717) is 30.4 Å². The van der Waals surface area contributed by atoms with Crippen LogP contribution in [0.2, 0.25) is 5.02 Å². The van der Waals surface area contributed by atoms with E-state index in [2.05, 4.69) is 10.3 Å². The van der Waals surface area contributed by atoms with Crippen LogP contribution in [0.25, 0.3) is 10.9 Å². The van der Waals surface area contributed by atoms with E-state index in [1.165, 1.54) is 0 Å². The molecule has 2 atom stereocenters. The standard InChI is InChI=1S/C17H20ClN3O3/c18-11-1-2-13-10(7-11)8-14(20-13)16(22)21-15-9-17(4-3-12(15)19)23-5-6-24-17/h1-2,7-8,12,15,20H,3-6,9,19H2,(H,21,22). The number of amides is 1. The highest BCUT2D eigenvalue weighted by Crippen LogP contribution is 2.35. The quantitative estimate of drug-likeness (QED) is 0.775. The molecule has 1 aromatic heterocycles. The summed E-state index contributed by atoms with van der Waals surface area (Å²) in [4.78, 5) is 15.7. The molecule has 1 saturated heterocycles. The Morgan fingerprint density at radius 2 is 2.12 bits per heavy atom. The summed E-state index contributed by atoms with van der Waals surface area (Å²) < 4.78 is 11.5. The number of nitrogens with one attached hydrogen (secondary N) is 2. The highest BCUT2D eigenvalue weighted by molar-refractivity contribution is 6.31. The lowest BCUT2D eigenvalue weighted by atomic mass is 9.86. The minimum Gasteiger partial charge on any atom is -0.351 e. The fourth-order valence-electron chi connectivity index (χ4n) is 3.57. The van der Waals surface area contributed by atoms with Crippen LogP contribution in [0, 0.1) is 0 Å². The summed E-state index contributed by atoms with van der Waals surface area (Å²) in [5, 5.41) is 4.56. The molecule has 1 aliphatic carbocycles. The smallest absolute Gasteiger partial charge is 0.268 e. The average molecular weight is 350 g/mol. The van der Waals surface area contributed by atoms with Gasteiger partial charge >= 0.3 is 0 Å². The van der Waals surface area contributed by atoms with Gasteiger partial charge in [-0.3, -0.25) is 4.79 Å². The monoisotopic (exact) mass is 349 g/mol. The van der Waals surface area contributed by atoms with Crippen LogP contribution in [0.4, 0.5) is 0 Å². The maximum absolute atomic E-state index is 12.6. The summed E-state index contributed by atoms with van der Waals surface area (Å²) in [6, 6.07) is 6.98. The van der Waals surface area contributed by atoms with Gasteiger partial charge in [0.15, 0.2) is 5.79 Å². The van der Waals surface area contributed by atoms with Crippen molar-refractivity contribution in [3.63, 3.8) is 0 Å². The van der Waals surface area contributed by atoms with Crippen molar-refractivity contribution in [1.29, 1.82) is 0 Å². The topological polar surface area (TPSA) is 89.4 Å². The van der Waals surface area contributed by atoms with Gasteiger partial charge in [0.25, 0.3) is 5.91 Å². The first kappa shape index (κ1) is 15.9. The lowest BCUT2D eigenvalue weighted by molar-refractivity contribution is -0.183. The zero-order valence-corrected chi connectivity index (χ0v) is 13.9. The molecule has 1 spiro atoms. The highest BCUT2D eigenvalue weighted by atomic mass is 35.5. The van der Waals surface area contributed by atoms with Gasteiger partial charge in [-0.1, -0.05) is 11.6 Å². The normalized spacial score (nSPS) is 26.1. The van der Waals surface area contributed by atoms with Crippen LogP contribution in [0.1, 0.15) is 29.8 Å². The van der Waals surface area contributed by atoms with Crippen LogP contribution in [0.3, 0.4) is 0 Å². The summed E-state index contributed by atoms with van der Waals surface area (Å²) >= 11 is 5.99. The third-order valence-corrected chi connectivity index (χ3v) is 5.10. The molecular weight excluding hydrogens is 330 g/mol. The van der Waals surface area contributed by atoms with E-state index in [9.17, 15) is 4.79 Å². The van der Waals surface area contributed by atoms with E-state index in [1.807, 2.05) is 12.1 Å². The lowest BCUT2D eigenvalue weighted by Gasteiger charge is -2.39. The van der Waals surface area contributed by atoms with E-state index in [0.717, 1.165) is 23.7 Å². The van der Waals surface area contributed by atoms with Gasteiger partial charge < -0.3 is 25.5 Å². The Balaban J connectivity index is 1.51. The molecule has 2 aromatic rings. The first-order valence-electron chi connectivity index (χ1n) is 8.17. The van der Waals surface area contributed by atoms with Gasteiger partial charge in [0.2, 0.25) is 0 Å². The zero-order valence-electron chi connectivity index (χ0n) is 13.2. The Hall–Kier alpha value is -1.60. The second-order valence-electron chi connectivity index (χ2n) is 6.51. The first-order chi connectivity index (χ1) is 11.5. The summed E-state index contributed by atoms with van der Waals surface area (Å²) in [6.45, 7) is 1.19. The molecule has 4 rings (SSSR count). The largest absolute Gasteiger partial charge is 0.351 e. The summed E-state index contributed by atoms with van der Waals surface area (Å²) in [5.41, 5.74) is 7.56. The number of H-pyrrole nitrogens is 1. The molecular formula is C17H20ClN3O3. The molecule has 6 nitrogen and oxygen atoms in total. The van der Waals surface area contributed by atoms with Gasteiger partial charge in [-0.25, -0.2) is 0 Å². The van der Waals surface area contributed by atoms with Crippen LogP contribution in [0.5, 0.6) is 0 Å². The summed E-state index contributed by atoms with van der Waals surface area (Å²) in [7, 11) is 0. The number of nitrogens with two attached hydrogens (primary N) is 1. The van der Waals surface area contributed by atoms with Crippen LogP contribution >= 0.6 is 11.6 Å². The van der Waals surface area contributed by atoms with Crippen LogP contribution in [0.15, 0.2) is 24.3 Å². The number of aromatic amines is 1. The number of hydrogen-bond acceptors (Lipinski definition) is 4. The fraction of sp³-hybridized carbons (Fsp3) is 0.471. The van der Waals surface area contributed by atoms with Crippen molar-refractivity contribution in [2.24, 2.45) is 5.73 Å². The van der Waals surface area contributed by atoms with E-state index < -0.39 is 5.79 Å². The third-order valence-electron chi connectivity index (χ3n) is 4.86. The van der Waals surface area contributed by atoms with Crippen molar-refractivity contribution in [3.05, 3.63) is 35.0 Å². The van der Waals surface area contributed by atoms with Crippen molar-refractivity contribution in [1.82, 2.24) is 10.3 Å². The predicted molar refractivity (Wildman–Crippen MR) is 91.0 cm³/mol. The Morgan fingerprint density at radius 3 is 2.92 bits per heavy atom. The molecule has 1 aromatic carbocycles. The number of fused-ring (bicyclic) bond motifs is 1. The van der Waals surface area contributed by atoms with Crippen molar-refractivity contribution in [3.8, 4) is 0 Å². The molecule has 0 bridgehead atoms. The van der Waals surface area contributed by atoms with Gasteiger partial charge in [0, 0.05) is 40.9 Å². The molecule has 1 aliphatic heterocycles. The van der Waals surface area contributed by atoms with Gasteiger partial charge in [-0.05, 0) is 30.7 Å². The zero-order chi connectivity index (χ0) is 16.7. The molecule has 1 saturated carbocycles. The van der Waals surface area contributed by atoms with Gasteiger partial charge in [0.05, 0.1) is 13.2 Å². The van der Waals surface area contributed by atoms with E-state index in [-0.39, 0.29) is 18.0 Å². The van der Waals surface area contributed by atoms with Crippen LogP contribution in [-0.4, -0.2) is 42.0 Å². The minimum atomic E-state index is -0.582. The molecule has 2 fully saturated rings. The van der Waals surface area contributed by atoms with Crippen LogP contribution < -0.4 is 11.1 Å². The van der Waals surface area contributed by atoms with Crippen molar-refractivity contribution in [2.75, 3.05) is 13.2 Å². The maximum Gasteiger partial charge on any atom is 0.268 e. The number of aromatic nitrogens is 1.